The van der Waals surface area contributed by atoms with Crippen LogP contribution in [0.2, 0.25) is 0 Å². The molecule has 1 fully saturated rings. The van der Waals surface area contributed by atoms with E-state index >= 15 is 0 Å². The molecule has 39 heavy (non-hydrogen) atoms. The molecular weight excluding hydrogens is 492 g/mol. The lowest BCUT2D eigenvalue weighted by molar-refractivity contribution is 0.0698. The minimum atomic E-state index is -1.05. The normalized spacial score (nSPS) is 14.8. The Kier molecular flexibility index (Phi) is 6.72. The lowest BCUT2D eigenvalue weighted by atomic mass is 10.1. The van der Waals surface area contributed by atoms with Crippen molar-refractivity contribution in [2.45, 2.75) is 13.1 Å². The first kappa shape index (κ1) is 25.0. The second-order valence-electron chi connectivity index (χ2n) is 10.2. The standard InChI is InChI=1S/C29H32N8O2/c1-33-11-13-35(14-12-33)15-16-36-20-24(22-9-6-10-30-27(22)36)25-17-26(34(2)19-21-7-4-3-5-8-21)37-28(32-25)23(18-31-37)29(38)39/h3-10,17-18,20H,11-16,19H2,1-2H3,(H,38,39). The van der Waals surface area contributed by atoms with Crippen molar-refractivity contribution >= 4 is 28.5 Å². The lowest BCUT2D eigenvalue weighted by Gasteiger charge is -2.32. The predicted molar refractivity (Wildman–Crippen MR) is 151 cm³/mol. The average Bonchev–Trinajstić information content (AvgIpc) is 3.55. The summed E-state index contributed by atoms with van der Waals surface area (Å²) >= 11 is 0. The van der Waals surface area contributed by atoms with Gasteiger partial charge in [0.2, 0.25) is 0 Å². The molecule has 5 aromatic rings. The van der Waals surface area contributed by atoms with Crippen molar-refractivity contribution in [3.8, 4) is 11.3 Å². The van der Waals surface area contributed by atoms with E-state index in [1.807, 2.05) is 43.6 Å². The molecule has 1 aromatic carbocycles. The highest BCUT2D eigenvalue weighted by Crippen LogP contribution is 2.32. The zero-order chi connectivity index (χ0) is 26.9. The molecule has 1 N–H and O–H groups in total. The molecule has 5 heterocycles. The first-order valence-corrected chi connectivity index (χ1v) is 13.2. The van der Waals surface area contributed by atoms with Gasteiger partial charge in [-0.15, -0.1) is 0 Å². The minimum Gasteiger partial charge on any atom is -0.477 e. The minimum absolute atomic E-state index is 0.0724. The summed E-state index contributed by atoms with van der Waals surface area (Å²) in [6, 6.07) is 16.1. The number of anilines is 1. The molecule has 0 saturated carbocycles. The highest BCUT2D eigenvalue weighted by Gasteiger charge is 2.21. The molecule has 0 amide bonds. The highest BCUT2D eigenvalue weighted by atomic mass is 16.4. The molecule has 1 aliphatic rings. The van der Waals surface area contributed by atoms with Gasteiger partial charge in [0.25, 0.3) is 0 Å². The van der Waals surface area contributed by atoms with Crippen LogP contribution in [-0.2, 0) is 13.1 Å². The number of carboxylic acids is 1. The number of carboxylic acid groups (broad SMARTS) is 1. The van der Waals surface area contributed by atoms with Crippen LogP contribution >= 0.6 is 0 Å². The fraction of sp³-hybridized carbons (Fsp3) is 0.310. The zero-order valence-corrected chi connectivity index (χ0v) is 22.2. The van der Waals surface area contributed by atoms with Gasteiger partial charge >= 0.3 is 5.97 Å². The van der Waals surface area contributed by atoms with Gasteiger partial charge in [0.05, 0.1) is 11.9 Å². The van der Waals surface area contributed by atoms with Crippen molar-refractivity contribution in [1.29, 1.82) is 0 Å². The molecular formula is C29H32N8O2. The van der Waals surface area contributed by atoms with Crippen LogP contribution in [-0.4, -0.2) is 91.8 Å². The molecule has 200 valence electrons. The molecule has 0 atom stereocenters. The third kappa shape index (κ3) is 4.96. The van der Waals surface area contributed by atoms with E-state index in [1.165, 1.54) is 6.20 Å². The first-order valence-electron chi connectivity index (χ1n) is 13.2. The van der Waals surface area contributed by atoms with Gasteiger partial charge in [-0.2, -0.15) is 9.61 Å². The van der Waals surface area contributed by atoms with Crippen LogP contribution in [0.15, 0.2) is 67.1 Å². The maximum atomic E-state index is 12.0. The van der Waals surface area contributed by atoms with Gasteiger partial charge in [0, 0.05) is 82.3 Å². The molecule has 10 heteroatoms. The number of nitrogens with zero attached hydrogens (tertiary/aromatic N) is 8. The Hall–Kier alpha value is -4.28. The van der Waals surface area contributed by atoms with Crippen LogP contribution < -0.4 is 4.90 Å². The van der Waals surface area contributed by atoms with E-state index < -0.39 is 5.97 Å². The molecule has 0 radical (unpaired) electrons. The molecule has 10 nitrogen and oxygen atoms in total. The van der Waals surface area contributed by atoms with Gasteiger partial charge in [0.15, 0.2) is 5.65 Å². The second kappa shape index (κ2) is 10.5. The summed E-state index contributed by atoms with van der Waals surface area (Å²) in [5.74, 6) is -0.295. The van der Waals surface area contributed by atoms with Gasteiger partial charge in [0.1, 0.15) is 17.0 Å². The molecule has 0 bridgehead atoms. The molecule has 1 aliphatic heterocycles. The summed E-state index contributed by atoms with van der Waals surface area (Å²) in [5.41, 5.74) is 4.04. The van der Waals surface area contributed by atoms with Crippen molar-refractivity contribution in [3.05, 3.63) is 78.2 Å². The largest absolute Gasteiger partial charge is 0.477 e. The number of hydrogen-bond donors (Lipinski definition) is 1. The maximum Gasteiger partial charge on any atom is 0.341 e. The third-order valence-electron chi connectivity index (χ3n) is 7.50. The fourth-order valence-electron chi connectivity index (χ4n) is 5.26. The molecule has 1 saturated heterocycles. The number of carbonyl (C=O) groups is 1. The Labute approximate surface area is 226 Å². The van der Waals surface area contributed by atoms with Crippen LogP contribution in [0.3, 0.4) is 0 Å². The van der Waals surface area contributed by atoms with Gasteiger partial charge in [-0.05, 0) is 24.7 Å². The number of aromatic carboxylic acids is 1. The molecule has 6 rings (SSSR count). The third-order valence-corrected chi connectivity index (χ3v) is 7.50. The number of benzene rings is 1. The van der Waals surface area contributed by atoms with Crippen molar-refractivity contribution in [2.75, 3.05) is 51.7 Å². The van der Waals surface area contributed by atoms with Crippen LogP contribution in [0.4, 0.5) is 5.82 Å². The molecule has 4 aromatic heterocycles. The summed E-state index contributed by atoms with van der Waals surface area (Å²) < 4.78 is 3.80. The van der Waals surface area contributed by atoms with Gasteiger partial charge in [-0.3, -0.25) is 4.90 Å². The zero-order valence-electron chi connectivity index (χ0n) is 22.2. The number of aromatic nitrogens is 5. The highest BCUT2D eigenvalue weighted by molar-refractivity contribution is 5.97. The van der Waals surface area contributed by atoms with Crippen LogP contribution in [0.5, 0.6) is 0 Å². The Morgan fingerprint density at radius 3 is 2.59 bits per heavy atom. The Balaban J connectivity index is 1.41. The van der Waals surface area contributed by atoms with Gasteiger partial charge in [-0.25, -0.2) is 14.8 Å². The number of rotatable bonds is 8. The summed E-state index contributed by atoms with van der Waals surface area (Å²) in [7, 11) is 4.15. The van der Waals surface area contributed by atoms with E-state index in [0.717, 1.165) is 67.2 Å². The van der Waals surface area contributed by atoms with Crippen LogP contribution in [0.25, 0.3) is 27.9 Å². The summed E-state index contributed by atoms with van der Waals surface area (Å²) in [6.45, 7) is 6.67. The van der Waals surface area contributed by atoms with Crippen molar-refractivity contribution in [1.82, 2.24) is 33.9 Å². The second-order valence-corrected chi connectivity index (χ2v) is 10.2. The van der Waals surface area contributed by atoms with E-state index in [9.17, 15) is 9.90 Å². The smallest absolute Gasteiger partial charge is 0.341 e. The molecule has 0 unspecified atom stereocenters. The van der Waals surface area contributed by atoms with E-state index in [1.54, 1.807) is 4.52 Å². The molecule has 0 aliphatic carbocycles. The maximum absolute atomic E-state index is 12.0. The first-order chi connectivity index (χ1) is 19.0. The van der Waals surface area contributed by atoms with Crippen molar-refractivity contribution in [2.24, 2.45) is 0 Å². The number of fused-ring (bicyclic) bond motifs is 2. The van der Waals surface area contributed by atoms with Crippen LogP contribution in [0.1, 0.15) is 15.9 Å². The number of hydrogen-bond acceptors (Lipinski definition) is 7. The summed E-state index contributed by atoms with van der Waals surface area (Å²) in [6.07, 6.45) is 5.28. The van der Waals surface area contributed by atoms with Crippen molar-refractivity contribution < 1.29 is 9.90 Å². The van der Waals surface area contributed by atoms with Crippen LogP contribution in [0, 0.1) is 0 Å². The fourth-order valence-corrected chi connectivity index (χ4v) is 5.26. The topological polar surface area (TPSA) is 95.0 Å². The Morgan fingerprint density at radius 1 is 1.03 bits per heavy atom. The monoisotopic (exact) mass is 524 g/mol. The van der Waals surface area contributed by atoms with E-state index in [0.29, 0.717) is 17.9 Å². The van der Waals surface area contributed by atoms with Gasteiger partial charge in [-0.1, -0.05) is 30.3 Å². The predicted octanol–water partition coefficient (Wildman–Crippen LogP) is 3.33. The van der Waals surface area contributed by atoms with E-state index in [4.69, 9.17) is 9.97 Å². The number of pyridine rings is 1. The Bertz CT molecular complexity index is 1620. The van der Waals surface area contributed by atoms with E-state index in [-0.39, 0.29) is 5.56 Å². The summed E-state index contributed by atoms with van der Waals surface area (Å²) in [5, 5.41) is 15.2. The Morgan fingerprint density at radius 2 is 1.82 bits per heavy atom. The number of piperazine rings is 1. The SMILES string of the molecule is CN1CCN(CCn2cc(-c3cc(N(C)Cc4ccccc4)n4ncc(C(=O)O)c4n3)c3cccnc32)CC1. The van der Waals surface area contributed by atoms with Crippen molar-refractivity contribution in [3.63, 3.8) is 0 Å². The quantitative estimate of drug-likeness (QED) is 0.330. The lowest BCUT2D eigenvalue weighted by Crippen LogP contribution is -2.45. The van der Waals surface area contributed by atoms with Gasteiger partial charge < -0.3 is 19.5 Å². The summed E-state index contributed by atoms with van der Waals surface area (Å²) in [4.78, 5) is 28.5. The molecule has 0 spiro atoms. The average molecular weight is 525 g/mol. The van der Waals surface area contributed by atoms with E-state index in [2.05, 4.69) is 55.8 Å². The number of likely N-dealkylation sites (N-methyl/N-ethyl adjacent to an activating group) is 1.